The van der Waals surface area contributed by atoms with E-state index in [1.807, 2.05) is 24.3 Å². The van der Waals surface area contributed by atoms with E-state index in [1.54, 1.807) is 0 Å². The van der Waals surface area contributed by atoms with E-state index in [4.69, 9.17) is 11.6 Å². The molecule has 0 aliphatic carbocycles. The number of halogens is 2. The third-order valence-corrected chi connectivity index (χ3v) is 2.77. The fourth-order valence-corrected chi connectivity index (χ4v) is 1.89. The molecule has 0 amide bonds. The van der Waals surface area contributed by atoms with Gasteiger partial charge in [0, 0.05) is 22.3 Å². The highest BCUT2D eigenvalue weighted by atomic mass is 127. The standard InChI is InChI=1S/C11H12ClIO/c12-10-4-1-9(2-5-10)3-6-11(14)7-8-13/h1-2,4-5H,3,6-8H2. The van der Waals surface area contributed by atoms with Crippen LogP contribution < -0.4 is 0 Å². The van der Waals surface area contributed by atoms with E-state index in [-0.39, 0.29) is 0 Å². The highest BCUT2D eigenvalue weighted by Gasteiger charge is 2.01. The van der Waals surface area contributed by atoms with Gasteiger partial charge in [-0.1, -0.05) is 46.3 Å². The molecular formula is C11H12ClIO. The van der Waals surface area contributed by atoms with E-state index in [9.17, 15) is 4.79 Å². The average molecular weight is 323 g/mol. The van der Waals surface area contributed by atoms with Crippen LogP contribution in [0.4, 0.5) is 0 Å². The predicted molar refractivity (Wildman–Crippen MR) is 68.3 cm³/mol. The van der Waals surface area contributed by atoms with E-state index in [1.165, 1.54) is 5.56 Å². The monoisotopic (exact) mass is 322 g/mol. The Kier molecular flexibility index (Phi) is 5.48. The van der Waals surface area contributed by atoms with Crippen LogP contribution >= 0.6 is 34.2 Å². The minimum atomic E-state index is 0.342. The number of ketones is 1. The van der Waals surface area contributed by atoms with Gasteiger partial charge in [-0.3, -0.25) is 4.79 Å². The largest absolute Gasteiger partial charge is 0.300 e. The number of benzene rings is 1. The first kappa shape index (κ1) is 12.0. The fourth-order valence-electron chi connectivity index (χ4n) is 1.17. The second kappa shape index (κ2) is 6.40. The highest BCUT2D eigenvalue weighted by Crippen LogP contribution is 2.11. The summed E-state index contributed by atoms with van der Waals surface area (Å²) >= 11 is 7.98. The molecule has 3 heteroatoms. The van der Waals surface area contributed by atoms with E-state index in [0.29, 0.717) is 18.6 Å². The topological polar surface area (TPSA) is 17.1 Å². The number of rotatable bonds is 5. The zero-order chi connectivity index (χ0) is 10.4. The Morgan fingerprint density at radius 2 is 1.86 bits per heavy atom. The van der Waals surface area contributed by atoms with Gasteiger partial charge >= 0.3 is 0 Å². The van der Waals surface area contributed by atoms with E-state index in [2.05, 4.69) is 22.6 Å². The Morgan fingerprint density at radius 3 is 2.43 bits per heavy atom. The molecule has 0 radical (unpaired) electrons. The van der Waals surface area contributed by atoms with E-state index in [0.717, 1.165) is 15.9 Å². The number of hydrogen-bond acceptors (Lipinski definition) is 1. The molecule has 0 spiro atoms. The van der Waals surface area contributed by atoms with Gasteiger partial charge in [0.25, 0.3) is 0 Å². The van der Waals surface area contributed by atoms with Gasteiger partial charge in [0.1, 0.15) is 5.78 Å². The molecule has 0 bridgehead atoms. The average Bonchev–Trinajstić information content (AvgIpc) is 2.17. The molecule has 0 heterocycles. The Labute approximate surface area is 103 Å². The Bertz CT molecular complexity index is 295. The summed E-state index contributed by atoms with van der Waals surface area (Å²) in [6.07, 6.45) is 2.16. The molecule has 1 rings (SSSR count). The third-order valence-electron chi connectivity index (χ3n) is 1.98. The smallest absolute Gasteiger partial charge is 0.134 e. The molecule has 0 aliphatic heterocycles. The van der Waals surface area contributed by atoms with Crippen molar-refractivity contribution in [2.45, 2.75) is 19.3 Å². The molecule has 0 aliphatic rings. The number of aryl methyl sites for hydroxylation is 1. The van der Waals surface area contributed by atoms with Crippen LogP contribution in [0.1, 0.15) is 18.4 Å². The number of carbonyl (C=O) groups is 1. The minimum Gasteiger partial charge on any atom is -0.300 e. The summed E-state index contributed by atoms with van der Waals surface area (Å²) in [5.74, 6) is 0.342. The maximum Gasteiger partial charge on any atom is 0.134 e. The number of Topliss-reactive ketones (excluding diaryl/α,β-unsaturated/α-hetero) is 1. The second-order valence-electron chi connectivity index (χ2n) is 3.10. The lowest BCUT2D eigenvalue weighted by Crippen LogP contribution is -2.00. The predicted octanol–water partition coefficient (Wildman–Crippen LogP) is 3.67. The first-order valence-electron chi connectivity index (χ1n) is 4.54. The van der Waals surface area contributed by atoms with Crippen LogP contribution in [0, 0.1) is 0 Å². The summed E-state index contributed by atoms with van der Waals surface area (Å²) in [5, 5.41) is 0.743. The first-order valence-corrected chi connectivity index (χ1v) is 6.45. The third kappa shape index (κ3) is 4.42. The number of carbonyl (C=O) groups excluding carboxylic acids is 1. The number of hydrogen-bond donors (Lipinski definition) is 0. The Morgan fingerprint density at radius 1 is 1.21 bits per heavy atom. The van der Waals surface area contributed by atoms with Gasteiger partial charge < -0.3 is 0 Å². The summed E-state index contributed by atoms with van der Waals surface area (Å²) in [5.41, 5.74) is 1.18. The lowest BCUT2D eigenvalue weighted by Gasteiger charge is -2.00. The molecular weight excluding hydrogens is 310 g/mol. The molecule has 76 valence electrons. The maximum atomic E-state index is 11.3. The molecule has 0 aromatic heterocycles. The first-order chi connectivity index (χ1) is 6.72. The second-order valence-corrected chi connectivity index (χ2v) is 4.62. The normalized spacial score (nSPS) is 10.1. The summed E-state index contributed by atoms with van der Waals surface area (Å²) in [6, 6.07) is 7.67. The van der Waals surface area contributed by atoms with Gasteiger partial charge in [0.2, 0.25) is 0 Å². The van der Waals surface area contributed by atoms with Crippen LogP contribution in [0.2, 0.25) is 5.02 Å². The lowest BCUT2D eigenvalue weighted by molar-refractivity contribution is -0.118. The Hall–Kier alpha value is -0.0900. The molecule has 0 N–H and O–H groups in total. The van der Waals surface area contributed by atoms with Gasteiger partial charge in [-0.05, 0) is 24.1 Å². The quantitative estimate of drug-likeness (QED) is 0.597. The SMILES string of the molecule is O=C(CCI)CCc1ccc(Cl)cc1. The Balaban J connectivity index is 2.38. The molecule has 0 saturated carbocycles. The van der Waals surface area contributed by atoms with Crippen LogP contribution in [0.5, 0.6) is 0 Å². The van der Waals surface area contributed by atoms with Crippen molar-refractivity contribution < 1.29 is 4.79 Å². The summed E-state index contributed by atoms with van der Waals surface area (Å²) in [7, 11) is 0. The summed E-state index contributed by atoms with van der Waals surface area (Å²) in [4.78, 5) is 11.3. The zero-order valence-corrected chi connectivity index (χ0v) is 10.7. The fraction of sp³-hybridized carbons (Fsp3) is 0.364. The van der Waals surface area contributed by atoms with Crippen molar-refractivity contribution in [3.63, 3.8) is 0 Å². The minimum absolute atomic E-state index is 0.342. The van der Waals surface area contributed by atoms with Crippen LogP contribution in [0.25, 0.3) is 0 Å². The highest BCUT2D eigenvalue weighted by molar-refractivity contribution is 14.1. The van der Waals surface area contributed by atoms with Gasteiger partial charge in [-0.2, -0.15) is 0 Å². The van der Waals surface area contributed by atoms with Crippen molar-refractivity contribution in [2.75, 3.05) is 4.43 Å². The van der Waals surface area contributed by atoms with Crippen molar-refractivity contribution in [1.29, 1.82) is 0 Å². The van der Waals surface area contributed by atoms with Crippen molar-refractivity contribution in [1.82, 2.24) is 0 Å². The lowest BCUT2D eigenvalue weighted by atomic mass is 10.1. The maximum absolute atomic E-state index is 11.3. The van der Waals surface area contributed by atoms with Crippen LogP contribution in [0.15, 0.2) is 24.3 Å². The number of alkyl halides is 1. The summed E-state index contributed by atoms with van der Waals surface area (Å²) < 4.78 is 0.914. The molecule has 0 saturated heterocycles. The molecule has 1 aromatic carbocycles. The van der Waals surface area contributed by atoms with Crippen molar-refractivity contribution in [3.05, 3.63) is 34.9 Å². The molecule has 14 heavy (non-hydrogen) atoms. The van der Waals surface area contributed by atoms with E-state index < -0.39 is 0 Å². The van der Waals surface area contributed by atoms with Gasteiger partial charge in [-0.25, -0.2) is 0 Å². The van der Waals surface area contributed by atoms with Gasteiger partial charge in [-0.15, -0.1) is 0 Å². The van der Waals surface area contributed by atoms with Crippen molar-refractivity contribution >= 4 is 40.0 Å². The molecule has 0 fully saturated rings. The van der Waals surface area contributed by atoms with Crippen molar-refractivity contribution in [2.24, 2.45) is 0 Å². The molecule has 1 aromatic rings. The van der Waals surface area contributed by atoms with Crippen LogP contribution in [-0.4, -0.2) is 10.2 Å². The van der Waals surface area contributed by atoms with Gasteiger partial charge in [0.15, 0.2) is 0 Å². The molecule has 0 unspecified atom stereocenters. The summed E-state index contributed by atoms with van der Waals surface area (Å²) in [6.45, 7) is 0. The van der Waals surface area contributed by atoms with Crippen molar-refractivity contribution in [3.8, 4) is 0 Å². The van der Waals surface area contributed by atoms with Crippen LogP contribution in [0.3, 0.4) is 0 Å². The van der Waals surface area contributed by atoms with E-state index >= 15 is 0 Å². The molecule has 0 atom stereocenters. The molecule has 1 nitrogen and oxygen atoms in total. The zero-order valence-electron chi connectivity index (χ0n) is 7.80. The van der Waals surface area contributed by atoms with Crippen LogP contribution in [-0.2, 0) is 11.2 Å². The van der Waals surface area contributed by atoms with Gasteiger partial charge in [0.05, 0.1) is 0 Å².